The van der Waals surface area contributed by atoms with Crippen molar-refractivity contribution in [3.63, 3.8) is 0 Å². The van der Waals surface area contributed by atoms with Gasteiger partial charge in [0.05, 0.1) is 22.5 Å². The summed E-state index contributed by atoms with van der Waals surface area (Å²) in [5, 5.41) is 0. The van der Waals surface area contributed by atoms with E-state index in [-0.39, 0.29) is 5.41 Å². The minimum absolute atomic E-state index is 0.383. The second kappa shape index (κ2) is 12.4. The Kier molecular flexibility index (Phi) is 7.08. The van der Waals surface area contributed by atoms with Crippen molar-refractivity contribution >= 4 is 0 Å². The summed E-state index contributed by atoms with van der Waals surface area (Å²) in [5.74, 6) is 0.676. The molecule has 256 valence electrons. The summed E-state index contributed by atoms with van der Waals surface area (Å²) in [7, 11) is 0. The van der Waals surface area contributed by atoms with Crippen LogP contribution in [0.4, 0.5) is 0 Å². The number of benzene rings is 7. The largest absolute Gasteiger partial charge is 0.256 e. The summed E-state index contributed by atoms with van der Waals surface area (Å²) in [6.45, 7) is 0. The van der Waals surface area contributed by atoms with Crippen LogP contribution in [0.3, 0.4) is 0 Å². The van der Waals surface area contributed by atoms with Crippen LogP contribution < -0.4 is 0 Å². The van der Waals surface area contributed by atoms with Crippen LogP contribution in [0.15, 0.2) is 200 Å². The van der Waals surface area contributed by atoms with Gasteiger partial charge in [0.15, 0.2) is 5.82 Å². The molecule has 2 aliphatic rings. The van der Waals surface area contributed by atoms with E-state index in [1.165, 1.54) is 50.1 Å². The Labute approximate surface area is 320 Å². The molecule has 0 radical (unpaired) electrons. The van der Waals surface area contributed by atoms with E-state index in [2.05, 4.69) is 170 Å². The molecule has 2 heterocycles. The van der Waals surface area contributed by atoms with Crippen molar-refractivity contribution in [3.8, 4) is 78.5 Å². The van der Waals surface area contributed by atoms with Crippen LogP contribution in [0.25, 0.3) is 78.5 Å². The van der Waals surface area contributed by atoms with Crippen molar-refractivity contribution in [2.45, 2.75) is 5.41 Å². The fourth-order valence-corrected chi connectivity index (χ4v) is 8.90. The number of hydrogen-bond donors (Lipinski definition) is 0. The molecule has 3 heteroatoms. The van der Waals surface area contributed by atoms with Gasteiger partial charge in [0.1, 0.15) is 0 Å². The summed E-state index contributed by atoms with van der Waals surface area (Å²) >= 11 is 0. The number of aromatic nitrogens is 3. The van der Waals surface area contributed by atoms with E-state index in [0.717, 1.165) is 44.9 Å². The lowest BCUT2D eigenvalue weighted by atomic mass is 9.70. The molecule has 9 aromatic rings. The summed E-state index contributed by atoms with van der Waals surface area (Å²) in [5.41, 5.74) is 19.0. The molecule has 0 bridgehead atoms. The maximum atomic E-state index is 5.28. The van der Waals surface area contributed by atoms with Crippen LogP contribution in [-0.4, -0.2) is 15.0 Å². The minimum Gasteiger partial charge on any atom is -0.256 e. The summed E-state index contributed by atoms with van der Waals surface area (Å²) in [6.07, 6.45) is 1.93. The van der Waals surface area contributed by atoms with E-state index in [0.29, 0.717) is 5.82 Å². The standard InChI is InChI=1S/C52H33N3/c1-3-13-34(14-4-1)35-23-25-37(26-24-35)51-54-49(32-50(55-51)39-28-30-48(53-33-39)36-15-5-2-6-16-36)38-27-29-47-43(31-38)42-19-9-12-22-46(42)52(47)44-20-10-7-17-40(44)41-18-8-11-21-45(41)52/h1-33H. The molecule has 0 saturated heterocycles. The average Bonchev–Trinajstić information content (AvgIpc) is 3.74. The first-order valence-corrected chi connectivity index (χ1v) is 18.8. The zero-order valence-electron chi connectivity index (χ0n) is 29.9. The van der Waals surface area contributed by atoms with Gasteiger partial charge >= 0.3 is 0 Å². The molecule has 1 spiro atoms. The predicted molar refractivity (Wildman–Crippen MR) is 223 cm³/mol. The Morgan fingerprint density at radius 2 is 0.745 bits per heavy atom. The molecule has 0 atom stereocenters. The van der Waals surface area contributed by atoms with Crippen molar-refractivity contribution in [2.24, 2.45) is 0 Å². The van der Waals surface area contributed by atoms with Gasteiger partial charge < -0.3 is 0 Å². The highest BCUT2D eigenvalue weighted by molar-refractivity contribution is 5.96. The molecule has 0 fully saturated rings. The fraction of sp³-hybridized carbons (Fsp3) is 0.0192. The van der Waals surface area contributed by atoms with Crippen LogP contribution in [0, 0.1) is 0 Å². The SMILES string of the molecule is c1ccc(-c2ccc(-c3nc(-c4ccc(-c5ccccc5)nc4)cc(-c4ccc5c(c4)-c4ccccc4C54c5ccccc5-c5ccccc54)n3)cc2)cc1. The van der Waals surface area contributed by atoms with Crippen molar-refractivity contribution < 1.29 is 0 Å². The van der Waals surface area contributed by atoms with Crippen LogP contribution in [0.5, 0.6) is 0 Å². The second-order valence-corrected chi connectivity index (χ2v) is 14.4. The Morgan fingerprint density at radius 1 is 0.291 bits per heavy atom. The Balaban J connectivity index is 1.08. The van der Waals surface area contributed by atoms with Gasteiger partial charge in [0.2, 0.25) is 0 Å². The molecule has 0 N–H and O–H groups in total. The van der Waals surface area contributed by atoms with Crippen molar-refractivity contribution in [2.75, 3.05) is 0 Å². The number of fused-ring (bicyclic) bond motifs is 10. The van der Waals surface area contributed by atoms with E-state index in [4.69, 9.17) is 15.0 Å². The molecule has 0 unspecified atom stereocenters. The van der Waals surface area contributed by atoms with E-state index >= 15 is 0 Å². The first kappa shape index (κ1) is 31.3. The van der Waals surface area contributed by atoms with Gasteiger partial charge in [0.25, 0.3) is 0 Å². The second-order valence-electron chi connectivity index (χ2n) is 14.4. The monoisotopic (exact) mass is 699 g/mol. The third-order valence-electron chi connectivity index (χ3n) is 11.4. The number of rotatable bonds is 5. The average molecular weight is 700 g/mol. The van der Waals surface area contributed by atoms with E-state index in [9.17, 15) is 0 Å². The smallest absolute Gasteiger partial charge is 0.160 e. The highest BCUT2D eigenvalue weighted by atomic mass is 14.9. The number of hydrogen-bond acceptors (Lipinski definition) is 3. The highest BCUT2D eigenvalue weighted by Gasteiger charge is 2.51. The van der Waals surface area contributed by atoms with Crippen molar-refractivity contribution in [1.82, 2.24) is 15.0 Å². The quantitative estimate of drug-likeness (QED) is 0.179. The van der Waals surface area contributed by atoms with Gasteiger partial charge in [-0.15, -0.1) is 0 Å². The van der Waals surface area contributed by atoms with E-state index in [1.54, 1.807) is 0 Å². The third-order valence-corrected chi connectivity index (χ3v) is 11.4. The van der Waals surface area contributed by atoms with Crippen molar-refractivity contribution in [1.29, 1.82) is 0 Å². The Morgan fingerprint density at radius 3 is 1.35 bits per heavy atom. The minimum atomic E-state index is -0.383. The number of nitrogens with zero attached hydrogens (tertiary/aromatic N) is 3. The molecule has 0 aliphatic heterocycles. The summed E-state index contributed by atoms with van der Waals surface area (Å²) < 4.78 is 0. The fourth-order valence-electron chi connectivity index (χ4n) is 8.90. The van der Waals surface area contributed by atoms with Crippen LogP contribution >= 0.6 is 0 Å². The molecule has 0 amide bonds. The first-order chi connectivity index (χ1) is 27.3. The first-order valence-electron chi connectivity index (χ1n) is 18.8. The normalized spacial score (nSPS) is 12.9. The topological polar surface area (TPSA) is 38.7 Å². The Hall–Kier alpha value is -7.23. The van der Waals surface area contributed by atoms with Crippen molar-refractivity contribution in [3.05, 3.63) is 223 Å². The number of pyridine rings is 1. The maximum Gasteiger partial charge on any atom is 0.160 e. The molecule has 55 heavy (non-hydrogen) atoms. The maximum absolute atomic E-state index is 5.28. The molecule has 11 rings (SSSR count). The van der Waals surface area contributed by atoms with Gasteiger partial charge in [-0.3, -0.25) is 4.98 Å². The highest BCUT2D eigenvalue weighted by Crippen LogP contribution is 2.62. The van der Waals surface area contributed by atoms with Crippen LogP contribution in [0.1, 0.15) is 22.3 Å². The lowest BCUT2D eigenvalue weighted by Gasteiger charge is -2.30. The zero-order chi connectivity index (χ0) is 36.3. The summed E-state index contributed by atoms with van der Waals surface area (Å²) in [6, 6.07) is 69.3. The molecule has 0 saturated carbocycles. The van der Waals surface area contributed by atoms with Gasteiger partial charge in [-0.1, -0.05) is 170 Å². The van der Waals surface area contributed by atoms with Crippen LogP contribution in [0.2, 0.25) is 0 Å². The molecule has 3 nitrogen and oxygen atoms in total. The zero-order valence-corrected chi connectivity index (χ0v) is 29.9. The summed E-state index contributed by atoms with van der Waals surface area (Å²) in [4.78, 5) is 15.3. The molecule has 2 aliphatic carbocycles. The molecule has 7 aromatic carbocycles. The van der Waals surface area contributed by atoms with Crippen LogP contribution in [-0.2, 0) is 5.41 Å². The van der Waals surface area contributed by atoms with Gasteiger partial charge in [-0.05, 0) is 79.9 Å². The van der Waals surface area contributed by atoms with E-state index in [1.807, 2.05) is 30.5 Å². The van der Waals surface area contributed by atoms with E-state index < -0.39 is 0 Å². The van der Waals surface area contributed by atoms with Gasteiger partial charge in [0, 0.05) is 28.5 Å². The molecular formula is C52H33N3. The lowest BCUT2D eigenvalue weighted by Crippen LogP contribution is -2.25. The lowest BCUT2D eigenvalue weighted by molar-refractivity contribution is 0.794. The van der Waals surface area contributed by atoms with Gasteiger partial charge in [-0.25, -0.2) is 9.97 Å². The molecule has 2 aromatic heterocycles. The Bertz CT molecular complexity index is 2750. The molecular weight excluding hydrogens is 667 g/mol. The third kappa shape index (κ3) is 4.87. The predicted octanol–water partition coefficient (Wildman–Crippen LogP) is 12.6. The van der Waals surface area contributed by atoms with Gasteiger partial charge in [-0.2, -0.15) is 0 Å².